The lowest BCUT2D eigenvalue weighted by molar-refractivity contribution is 0.199. The molecular weight excluding hydrogens is 302 g/mol. The van der Waals surface area contributed by atoms with E-state index in [9.17, 15) is 5.11 Å². The van der Waals surface area contributed by atoms with Gasteiger partial charge in [-0.1, -0.05) is 33.8 Å². The van der Waals surface area contributed by atoms with E-state index in [0.717, 1.165) is 23.1 Å². The van der Waals surface area contributed by atoms with Crippen LogP contribution in [0.1, 0.15) is 46.3 Å². The zero-order valence-electron chi connectivity index (χ0n) is 12.7. The van der Waals surface area contributed by atoms with Crippen molar-refractivity contribution >= 4 is 21.6 Å². The largest absolute Gasteiger partial charge is 0.389 e. The molecule has 108 valence electrons. The minimum absolute atomic E-state index is 0.422. The summed E-state index contributed by atoms with van der Waals surface area (Å²) in [7, 11) is 0. The van der Waals surface area contributed by atoms with Crippen molar-refractivity contribution in [2.24, 2.45) is 11.8 Å². The van der Waals surface area contributed by atoms with Crippen LogP contribution in [0.4, 0.5) is 5.69 Å². The van der Waals surface area contributed by atoms with Gasteiger partial charge < -0.3 is 10.0 Å². The van der Waals surface area contributed by atoms with E-state index in [2.05, 4.69) is 54.6 Å². The quantitative estimate of drug-likeness (QED) is 0.823. The summed E-state index contributed by atoms with van der Waals surface area (Å²) < 4.78 is 1.06. The summed E-state index contributed by atoms with van der Waals surface area (Å²) in [6, 6.07) is 6.14. The predicted molar refractivity (Wildman–Crippen MR) is 86.7 cm³/mol. The molecule has 1 aromatic carbocycles. The van der Waals surface area contributed by atoms with Crippen LogP contribution >= 0.6 is 15.9 Å². The molecule has 0 radical (unpaired) electrons. The molecule has 1 N–H and O–H groups in total. The highest BCUT2D eigenvalue weighted by atomic mass is 79.9. The van der Waals surface area contributed by atoms with Crippen LogP contribution in [0.3, 0.4) is 0 Å². The van der Waals surface area contributed by atoms with E-state index in [1.54, 1.807) is 6.92 Å². The monoisotopic (exact) mass is 327 g/mol. The van der Waals surface area contributed by atoms with Gasteiger partial charge in [-0.15, -0.1) is 0 Å². The molecule has 0 bridgehead atoms. The van der Waals surface area contributed by atoms with E-state index < -0.39 is 6.10 Å². The molecule has 1 atom stereocenters. The molecule has 0 aliphatic heterocycles. The number of rotatable bonds is 6. The summed E-state index contributed by atoms with van der Waals surface area (Å²) in [6.45, 7) is 12.9. The Morgan fingerprint density at radius 1 is 1.05 bits per heavy atom. The molecule has 0 unspecified atom stereocenters. The molecule has 0 aromatic heterocycles. The highest BCUT2D eigenvalue weighted by Gasteiger charge is 2.14. The lowest BCUT2D eigenvalue weighted by atomic mass is 10.1. The predicted octanol–water partition coefficient (Wildman–Crippen LogP) is 4.62. The number of hydrogen-bond donors (Lipinski definition) is 1. The van der Waals surface area contributed by atoms with Crippen molar-refractivity contribution in [3.8, 4) is 0 Å². The Bertz CT molecular complexity index is 392. The van der Waals surface area contributed by atoms with Crippen LogP contribution in [-0.4, -0.2) is 18.2 Å². The van der Waals surface area contributed by atoms with Crippen LogP contribution in [0.2, 0.25) is 0 Å². The summed E-state index contributed by atoms with van der Waals surface area (Å²) in [5, 5.41) is 9.63. The van der Waals surface area contributed by atoms with Gasteiger partial charge in [0.05, 0.1) is 11.8 Å². The lowest BCUT2D eigenvalue weighted by Crippen LogP contribution is -2.31. The first kappa shape index (κ1) is 16.5. The van der Waals surface area contributed by atoms with E-state index in [0.29, 0.717) is 11.8 Å². The maximum absolute atomic E-state index is 9.63. The first-order valence-electron chi connectivity index (χ1n) is 7.03. The second kappa shape index (κ2) is 7.30. The van der Waals surface area contributed by atoms with Gasteiger partial charge in [0, 0.05) is 17.6 Å². The molecule has 0 aliphatic carbocycles. The average Bonchev–Trinajstić information content (AvgIpc) is 2.26. The molecule has 0 saturated heterocycles. The van der Waals surface area contributed by atoms with Crippen molar-refractivity contribution < 1.29 is 5.11 Å². The second-order valence-corrected chi connectivity index (χ2v) is 6.93. The third-order valence-electron chi connectivity index (χ3n) is 2.97. The van der Waals surface area contributed by atoms with Gasteiger partial charge in [-0.3, -0.25) is 0 Å². The molecule has 2 nitrogen and oxygen atoms in total. The molecule has 0 fully saturated rings. The summed E-state index contributed by atoms with van der Waals surface area (Å²) >= 11 is 3.64. The molecule has 0 amide bonds. The Hall–Kier alpha value is -0.540. The SMILES string of the molecule is CC(C)CN(CC(C)C)c1ccc([C@H](C)O)cc1Br. The molecule has 0 saturated carbocycles. The van der Waals surface area contributed by atoms with Gasteiger partial charge in [0.15, 0.2) is 0 Å². The minimum Gasteiger partial charge on any atom is -0.389 e. The minimum atomic E-state index is -0.422. The second-order valence-electron chi connectivity index (χ2n) is 6.08. The highest BCUT2D eigenvalue weighted by molar-refractivity contribution is 9.10. The van der Waals surface area contributed by atoms with Crippen molar-refractivity contribution in [2.45, 2.75) is 40.7 Å². The van der Waals surface area contributed by atoms with Crippen molar-refractivity contribution in [3.05, 3.63) is 28.2 Å². The van der Waals surface area contributed by atoms with Gasteiger partial charge in [0.25, 0.3) is 0 Å². The Kier molecular flexibility index (Phi) is 6.34. The fraction of sp³-hybridized carbons (Fsp3) is 0.625. The van der Waals surface area contributed by atoms with Crippen molar-refractivity contribution in [1.29, 1.82) is 0 Å². The number of aliphatic hydroxyl groups excluding tert-OH is 1. The van der Waals surface area contributed by atoms with Crippen LogP contribution in [0.25, 0.3) is 0 Å². The molecule has 0 heterocycles. The molecule has 19 heavy (non-hydrogen) atoms. The number of benzene rings is 1. The van der Waals surface area contributed by atoms with Crippen LogP contribution in [0, 0.1) is 11.8 Å². The zero-order valence-corrected chi connectivity index (χ0v) is 14.2. The van der Waals surface area contributed by atoms with E-state index in [4.69, 9.17) is 0 Å². The molecule has 0 spiro atoms. The third-order valence-corrected chi connectivity index (χ3v) is 3.60. The van der Waals surface area contributed by atoms with E-state index >= 15 is 0 Å². The molecule has 1 aromatic rings. The fourth-order valence-corrected chi connectivity index (χ4v) is 2.84. The van der Waals surface area contributed by atoms with E-state index in [1.165, 1.54) is 5.69 Å². The zero-order chi connectivity index (χ0) is 14.6. The number of halogens is 1. The summed E-state index contributed by atoms with van der Waals surface area (Å²) in [6.07, 6.45) is -0.422. The molecule has 0 aliphatic rings. The van der Waals surface area contributed by atoms with Crippen LogP contribution in [0.15, 0.2) is 22.7 Å². The van der Waals surface area contributed by atoms with E-state index in [-0.39, 0.29) is 0 Å². The van der Waals surface area contributed by atoms with Gasteiger partial charge in [-0.05, 0) is 52.4 Å². The van der Waals surface area contributed by atoms with Gasteiger partial charge in [-0.25, -0.2) is 0 Å². The standard InChI is InChI=1S/C16H26BrNO/c1-11(2)9-18(10-12(3)4)16-7-6-14(13(5)19)8-15(16)17/h6-8,11-13,19H,9-10H2,1-5H3/t13-/m0/s1. The van der Waals surface area contributed by atoms with Gasteiger partial charge in [0.2, 0.25) is 0 Å². The van der Waals surface area contributed by atoms with Gasteiger partial charge in [0.1, 0.15) is 0 Å². The molecular formula is C16H26BrNO. The smallest absolute Gasteiger partial charge is 0.0762 e. The number of nitrogens with zero attached hydrogens (tertiary/aromatic N) is 1. The Balaban J connectivity index is 3.01. The maximum atomic E-state index is 9.63. The number of hydrogen-bond acceptors (Lipinski definition) is 2. The van der Waals surface area contributed by atoms with Crippen molar-refractivity contribution in [3.63, 3.8) is 0 Å². The first-order chi connectivity index (χ1) is 8.81. The maximum Gasteiger partial charge on any atom is 0.0762 e. The summed E-state index contributed by atoms with van der Waals surface area (Å²) in [5.41, 5.74) is 2.16. The van der Waals surface area contributed by atoms with Gasteiger partial charge >= 0.3 is 0 Å². The van der Waals surface area contributed by atoms with Gasteiger partial charge in [-0.2, -0.15) is 0 Å². The lowest BCUT2D eigenvalue weighted by Gasteiger charge is -2.29. The van der Waals surface area contributed by atoms with E-state index in [1.807, 2.05) is 12.1 Å². The average molecular weight is 328 g/mol. The molecule has 1 rings (SSSR count). The Labute approximate surface area is 126 Å². The summed E-state index contributed by atoms with van der Waals surface area (Å²) in [4.78, 5) is 2.42. The first-order valence-corrected chi connectivity index (χ1v) is 7.83. The normalized spacial score (nSPS) is 13.1. The van der Waals surface area contributed by atoms with Crippen molar-refractivity contribution in [2.75, 3.05) is 18.0 Å². The van der Waals surface area contributed by atoms with Crippen LogP contribution < -0.4 is 4.90 Å². The number of anilines is 1. The summed E-state index contributed by atoms with van der Waals surface area (Å²) in [5.74, 6) is 1.25. The topological polar surface area (TPSA) is 23.5 Å². The Morgan fingerprint density at radius 3 is 1.95 bits per heavy atom. The molecule has 3 heteroatoms. The van der Waals surface area contributed by atoms with Crippen LogP contribution in [0.5, 0.6) is 0 Å². The highest BCUT2D eigenvalue weighted by Crippen LogP contribution is 2.30. The van der Waals surface area contributed by atoms with Crippen molar-refractivity contribution in [1.82, 2.24) is 0 Å². The third kappa shape index (κ3) is 5.15. The Morgan fingerprint density at radius 2 is 1.58 bits per heavy atom. The number of aliphatic hydroxyl groups is 1. The fourth-order valence-electron chi connectivity index (χ4n) is 2.19. The van der Waals surface area contributed by atoms with Crippen LogP contribution in [-0.2, 0) is 0 Å².